The minimum Gasteiger partial charge on any atom is -0.504 e. The third-order valence-electron chi connectivity index (χ3n) is 13.3. The zero-order valence-corrected chi connectivity index (χ0v) is 27.9. The molecule has 0 aliphatic heterocycles. The first kappa shape index (κ1) is 30.4. The van der Waals surface area contributed by atoms with Crippen LogP contribution in [-0.2, 0) is 5.41 Å². The Kier molecular flexibility index (Phi) is 7.01. The van der Waals surface area contributed by atoms with Crippen molar-refractivity contribution in [3.8, 4) is 11.5 Å². The first-order valence-corrected chi connectivity index (χ1v) is 16.9. The number of phenols is 1. The molecule has 7 atom stereocenters. The fourth-order valence-corrected chi connectivity index (χ4v) is 11.1. The lowest BCUT2D eigenvalue weighted by Gasteiger charge is -2.70. The number of allylic oxidation sites excluding steroid dienone is 2. The van der Waals surface area contributed by atoms with Gasteiger partial charge in [0.15, 0.2) is 11.5 Å². The number of carbonyl (C=O) groups excluding carboxylic acids is 1. The minimum absolute atomic E-state index is 0.0395. The van der Waals surface area contributed by atoms with Crippen LogP contribution in [0.1, 0.15) is 112 Å². The molecule has 4 nitrogen and oxygen atoms in total. The number of hydrogen-bond donors (Lipinski definition) is 2. The molecule has 0 radical (unpaired) electrons. The van der Waals surface area contributed by atoms with E-state index in [2.05, 4.69) is 53.3 Å². The van der Waals surface area contributed by atoms with Gasteiger partial charge in [-0.15, -0.1) is 0 Å². The third-order valence-corrected chi connectivity index (χ3v) is 14.4. The van der Waals surface area contributed by atoms with Gasteiger partial charge in [-0.2, -0.15) is 0 Å². The van der Waals surface area contributed by atoms with Crippen molar-refractivity contribution in [3.63, 3.8) is 0 Å². The van der Waals surface area contributed by atoms with Crippen LogP contribution in [-0.4, -0.2) is 17.3 Å². The molecule has 2 aromatic carbocycles. The summed E-state index contributed by atoms with van der Waals surface area (Å²) in [6, 6.07) is 11.6. The molecular formula is C38H49NO3S. The Labute approximate surface area is 262 Å². The van der Waals surface area contributed by atoms with Crippen LogP contribution in [0.15, 0.2) is 60.3 Å². The molecule has 230 valence electrons. The van der Waals surface area contributed by atoms with Gasteiger partial charge in [-0.25, -0.2) is 0 Å². The molecule has 0 saturated heterocycles. The van der Waals surface area contributed by atoms with Crippen molar-refractivity contribution >= 4 is 16.9 Å². The SMILES string of the molecule is C=C(N)[C@]1(C)CC[C@]2(C)CC[C@]3(C)C4=CC(SC(=O)c5ccccc5)c5c(cc(OC)c(O)c5C)[C@]4(C)CC[C@@]3(C)[C@@H]2C1. The first-order chi connectivity index (χ1) is 20.1. The van der Waals surface area contributed by atoms with Crippen molar-refractivity contribution < 1.29 is 14.6 Å². The van der Waals surface area contributed by atoms with E-state index in [1.54, 1.807) is 7.11 Å². The highest BCUT2D eigenvalue weighted by Crippen LogP contribution is 2.75. The van der Waals surface area contributed by atoms with E-state index in [-0.39, 0.29) is 43.2 Å². The minimum atomic E-state index is -0.217. The van der Waals surface area contributed by atoms with E-state index >= 15 is 0 Å². The second-order valence-corrected chi connectivity index (χ2v) is 16.5. The Bertz CT molecular complexity index is 1530. The second-order valence-electron chi connectivity index (χ2n) is 15.4. The highest BCUT2D eigenvalue weighted by Gasteiger charge is 2.67. The molecule has 0 amide bonds. The summed E-state index contributed by atoms with van der Waals surface area (Å²) in [6.07, 6.45) is 10.3. The summed E-state index contributed by atoms with van der Waals surface area (Å²) in [6.45, 7) is 18.6. The summed E-state index contributed by atoms with van der Waals surface area (Å²) in [4.78, 5) is 13.7. The maximum atomic E-state index is 13.7. The molecule has 43 heavy (non-hydrogen) atoms. The van der Waals surface area contributed by atoms with Crippen molar-refractivity contribution in [2.24, 2.45) is 33.3 Å². The largest absolute Gasteiger partial charge is 0.504 e. The highest BCUT2D eigenvalue weighted by molar-refractivity contribution is 8.14. The lowest BCUT2D eigenvalue weighted by Crippen LogP contribution is -2.62. The smallest absolute Gasteiger partial charge is 0.220 e. The van der Waals surface area contributed by atoms with E-state index in [0.717, 1.165) is 48.9 Å². The summed E-state index contributed by atoms with van der Waals surface area (Å²) in [7, 11) is 1.63. The number of phenolic OH excluding ortho intramolecular Hbond substituents is 1. The monoisotopic (exact) mass is 599 g/mol. The number of fused-ring (bicyclic) bond motifs is 7. The number of rotatable bonds is 4. The predicted octanol–water partition coefficient (Wildman–Crippen LogP) is 9.41. The number of thioether (sulfide) groups is 1. The van der Waals surface area contributed by atoms with Crippen LogP contribution >= 0.6 is 11.8 Å². The van der Waals surface area contributed by atoms with E-state index in [1.165, 1.54) is 35.7 Å². The topological polar surface area (TPSA) is 72.6 Å². The third kappa shape index (κ3) is 4.20. The summed E-state index contributed by atoms with van der Waals surface area (Å²) >= 11 is 1.37. The van der Waals surface area contributed by atoms with E-state index < -0.39 is 0 Å². The van der Waals surface area contributed by atoms with Gasteiger partial charge < -0.3 is 15.6 Å². The molecule has 0 heterocycles. The maximum Gasteiger partial charge on any atom is 0.220 e. The summed E-state index contributed by atoms with van der Waals surface area (Å²) in [5.74, 6) is 1.21. The lowest BCUT2D eigenvalue weighted by molar-refractivity contribution is -0.154. The van der Waals surface area contributed by atoms with Gasteiger partial charge in [0.2, 0.25) is 5.12 Å². The molecule has 2 aromatic rings. The van der Waals surface area contributed by atoms with Crippen molar-refractivity contribution in [2.75, 3.05) is 7.11 Å². The summed E-state index contributed by atoms with van der Waals surface area (Å²) < 4.78 is 5.72. The molecule has 0 bridgehead atoms. The number of benzene rings is 2. The van der Waals surface area contributed by atoms with E-state index in [1.807, 2.05) is 37.3 Å². The average Bonchev–Trinajstić information content (AvgIpc) is 2.98. The number of nitrogens with two attached hydrogens (primary N) is 1. The van der Waals surface area contributed by atoms with Crippen molar-refractivity contribution in [1.82, 2.24) is 0 Å². The maximum absolute atomic E-state index is 13.7. The Balaban J connectivity index is 1.52. The zero-order chi connectivity index (χ0) is 31.2. The first-order valence-electron chi connectivity index (χ1n) is 16.0. The van der Waals surface area contributed by atoms with Gasteiger partial charge in [0.1, 0.15) is 0 Å². The lowest BCUT2D eigenvalue weighted by atomic mass is 9.34. The normalized spacial score (nSPS) is 38.1. The number of methoxy groups -OCH3 is 1. The van der Waals surface area contributed by atoms with E-state index in [4.69, 9.17) is 10.5 Å². The Morgan fingerprint density at radius 2 is 1.70 bits per heavy atom. The summed E-state index contributed by atoms with van der Waals surface area (Å²) in [5, 5.41) is 11.0. The van der Waals surface area contributed by atoms with Gasteiger partial charge in [0.05, 0.1) is 12.4 Å². The van der Waals surface area contributed by atoms with Gasteiger partial charge >= 0.3 is 0 Å². The molecule has 4 aliphatic carbocycles. The molecule has 6 rings (SSSR count). The molecule has 1 unspecified atom stereocenters. The zero-order valence-electron chi connectivity index (χ0n) is 27.1. The van der Waals surface area contributed by atoms with Crippen LogP contribution in [0.2, 0.25) is 0 Å². The van der Waals surface area contributed by atoms with Gasteiger partial charge in [-0.05, 0) is 96.8 Å². The fraction of sp³-hybridized carbons (Fsp3) is 0.553. The van der Waals surface area contributed by atoms with Crippen molar-refractivity contribution in [2.45, 2.75) is 97.2 Å². The average molecular weight is 600 g/mol. The highest BCUT2D eigenvalue weighted by atomic mass is 32.2. The number of hydrogen-bond acceptors (Lipinski definition) is 5. The van der Waals surface area contributed by atoms with Crippen LogP contribution in [0.3, 0.4) is 0 Å². The standard InChI is InChI=1S/C38H49NO3S/c1-23-31-26(20-27(42-8)32(23)40)36(5)17-19-38(7)30-22-35(4,24(2)39)15-14-34(30,3)16-18-37(38,6)29(36)21-28(31)43-33(41)25-12-10-9-11-13-25/h9-13,20-21,28,30,40H,2,14-19,22,39H2,1,3-8H3/t28?,30-,34-,35-,36+,37-,38+/m1/s1. The van der Waals surface area contributed by atoms with Crippen molar-refractivity contribution in [3.05, 3.63) is 82.6 Å². The summed E-state index contributed by atoms with van der Waals surface area (Å²) in [5.41, 5.74) is 12.6. The number of carbonyl (C=O) groups is 1. The van der Waals surface area contributed by atoms with Gasteiger partial charge in [0.25, 0.3) is 0 Å². The van der Waals surface area contributed by atoms with Crippen LogP contribution < -0.4 is 10.5 Å². The second kappa shape index (κ2) is 9.92. The predicted molar refractivity (Wildman–Crippen MR) is 177 cm³/mol. The van der Waals surface area contributed by atoms with E-state index in [0.29, 0.717) is 17.2 Å². The van der Waals surface area contributed by atoms with Gasteiger partial charge in [0, 0.05) is 22.1 Å². The molecule has 4 aliphatic rings. The molecule has 0 spiro atoms. The molecule has 0 aromatic heterocycles. The Hall–Kier alpha value is -2.66. The fourth-order valence-electron chi connectivity index (χ4n) is 9.97. The van der Waals surface area contributed by atoms with Gasteiger partial charge in [-0.3, -0.25) is 4.79 Å². The Morgan fingerprint density at radius 1 is 1.02 bits per heavy atom. The van der Waals surface area contributed by atoms with Crippen molar-refractivity contribution in [1.29, 1.82) is 0 Å². The quantitative estimate of drug-likeness (QED) is 0.343. The van der Waals surface area contributed by atoms with Crippen LogP contribution in [0.4, 0.5) is 0 Å². The molecular weight excluding hydrogens is 550 g/mol. The Morgan fingerprint density at radius 3 is 2.35 bits per heavy atom. The van der Waals surface area contributed by atoms with E-state index in [9.17, 15) is 9.90 Å². The number of aromatic hydroxyl groups is 1. The van der Waals surface area contributed by atoms with Crippen LogP contribution in [0, 0.1) is 34.5 Å². The van der Waals surface area contributed by atoms with Crippen LogP contribution in [0.5, 0.6) is 11.5 Å². The molecule has 3 fully saturated rings. The molecule has 3 N–H and O–H groups in total. The molecule has 5 heteroatoms. The van der Waals surface area contributed by atoms with Gasteiger partial charge in [-0.1, -0.05) is 94.9 Å². The van der Waals surface area contributed by atoms with Crippen LogP contribution in [0.25, 0.3) is 0 Å². The number of ether oxygens (including phenoxy) is 1. The molecule has 3 saturated carbocycles.